The lowest BCUT2D eigenvalue weighted by Gasteiger charge is -2.22. The lowest BCUT2D eigenvalue weighted by Crippen LogP contribution is -2.21. The molecule has 4 rings (SSSR count). The number of rotatable bonds is 6. The Kier molecular flexibility index (Phi) is 5.11. The third-order valence-electron chi connectivity index (χ3n) is 5.64. The second kappa shape index (κ2) is 7.48. The zero-order valence-electron chi connectivity index (χ0n) is 14.9. The SMILES string of the molecule is CC(Nc1nc(NCC2CCCCC2)nc2c(Br)cccc12)C1CC1. The molecule has 1 heterocycles. The van der Waals surface area contributed by atoms with Crippen LogP contribution in [-0.2, 0) is 0 Å². The molecule has 0 amide bonds. The molecule has 2 aliphatic carbocycles. The Bertz CT molecular complexity index is 738. The second-order valence-electron chi connectivity index (χ2n) is 7.69. The summed E-state index contributed by atoms with van der Waals surface area (Å²) in [6.07, 6.45) is 9.43. The number of nitrogens with one attached hydrogen (secondary N) is 2. The maximum Gasteiger partial charge on any atom is 0.225 e. The molecular formula is C20H27BrN4. The topological polar surface area (TPSA) is 49.8 Å². The van der Waals surface area contributed by atoms with Crippen molar-refractivity contribution in [3.8, 4) is 0 Å². The van der Waals surface area contributed by atoms with E-state index in [1.54, 1.807) is 0 Å². The Morgan fingerprint density at radius 2 is 1.92 bits per heavy atom. The number of hydrogen-bond acceptors (Lipinski definition) is 4. The van der Waals surface area contributed by atoms with Gasteiger partial charge < -0.3 is 10.6 Å². The molecule has 1 unspecified atom stereocenters. The molecule has 1 aromatic carbocycles. The molecule has 1 aromatic heterocycles. The van der Waals surface area contributed by atoms with Gasteiger partial charge in [-0.1, -0.05) is 25.3 Å². The fraction of sp³-hybridized carbons (Fsp3) is 0.600. The van der Waals surface area contributed by atoms with Gasteiger partial charge in [0.2, 0.25) is 5.95 Å². The first kappa shape index (κ1) is 17.1. The van der Waals surface area contributed by atoms with Gasteiger partial charge in [0, 0.05) is 22.4 Å². The fourth-order valence-corrected chi connectivity index (χ4v) is 4.32. The summed E-state index contributed by atoms with van der Waals surface area (Å²) in [6.45, 7) is 3.24. The average molecular weight is 403 g/mol. The van der Waals surface area contributed by atoms with Gasteiger partial charge in [-0.2, -0.15) is 4.98 Å². The molecule has 2 N–H and O–H groups in total. The van der Waals surface area contributed by atoms with Crippen molar-refractivity contribution in [3.05, 3.63) is 22.7 Å². The van der Waals surface area contributed by atoms with E-state index in [0.29, 0.717) is 6.04 Å². The van der Waals surface area contributed by atoms with E-state index in [9.17, 15) is 0 Å². The molecule has 134 valence electrons. The van der Waals surface area contributed by atoms with Crippen molar-refractivity contribution in [2.45, 2.75) is 57.9 Å². The summed E-state index contributed by atoms with van der Waals surface area (Å²) in [7, 11) is 0. The van der Waals surface area contributed by atoms with Crippen LogP contribution in [0.15, 0.2) is 22.7 Å². The largest absolute Gasteiger partial charge is 0.367 e. The third kappa shape index (κ3) is 4.08. The van der Waals surface area contributed by atoms with Crippen LogP contribution >= 0.6 is 15.9 Å². The zero-order valence-corrected chi connectivity index (χ0v) is 16.5. The quantitative estimate of drug-likeness (QED) is 0.660. The van der Waals surface area contributed by atoms with Gasteiger partial charge in [0.15, 0.2) is 0 Å². The fourth-order valence-electron chi connectivity index (χ4n) is 3.86. The summed E-state index contributed by atoms with van der Waals surface area (Å²) in [5.41, 5.74) is 0.981. The highest BCUT2D eigenvalue weighted by Gasteiger charge is 2.28. The predicted octanol–water partition coefficient (Wildman–Crippen LogP) is 5.59. The molecule has 25 heavy (non-hydrogen) atoms. The number of nitrogens with zero attached hydrogens (tertiary/aromatic N) is 2. The van der Waals surface area contributed by atoms with E-state index in [0.717, 1.165) is 45.5 Å². The van der Waals surface area contributed by atoms with E-state index in [1.165, 1.54) is 44.9 Å². The maximum absolute atomic E-state index is 4.82. The number of fused-ring (bicyclic) bond motifs is 1. The number of aromatic nitrogens is 2. The Balaban J connectivity index is 1.58. The van der Waals surface area contributed by atoms with Gasteiger partial charge in [0.05, 0.1) is 5.52 Å². The van der Waals surface area contributed by atoms with Gasteiger partial charge in [0.25, 0.3) is 0 Å². The third-order valence-corrected chi connectivity index (χ3v) is 6.28. The highest BCUT2D eigenvalue weighted by Crippen LogP contribution is 2.35. The Morgan fingerprint density at radius 3 is 2.68 bits per heavy atom. The van der Waals surface area contributed by atoms with Gasteiger partial charge in [-0.15, -0.1) is 0 Å². The predicted molar refractivity (Wildman–Crippen MR) is 108 cm³/mol. The number of anilines is 2. The van der Waals surface area contributed by atoms with E-state index >= 15 is 0 Å². The van der Waals surface area contributed by atoms with Crippen molar-refractivity contribution < 1.29 is 0 Å². The van der Waals surface area contributed by atoms with Crippen LogP contribution in [0.2, 0.25) is 0 Å². The Labute approximate surface area is 158 Å². The van der Waals surface area contributed by atoms with Crippen LogP contribution in [0, 0.1) is 11.8 Å². The molecule has 0 radical (unpaired) electrons. The number of para-hydroxylation sites is 1. The first-order valence-electron chi connectivity index (χ1n) is 9.67. The van der Waals surface area contributed by atoms with E-state index in [2.05, 4.69) is 45.6 Å². The molecule has 0 spiro atoms. The normalized spacial score (nSPS) is 19.8. The molecule has 2 aliphatic rings. The Hall–Kier alpha value is -1.36. The summed E-state index contributed by atoms with van der Waals surface area (Å²) < 4.78 is 1.02. The summed E-state index contributed by atoms with van der Waals surface area (Å²) in [5.74, 6) is 3.25. The monoisotopic (exact) mass is 402 g/mol. The molecular weight excluding hydrogens is 376 g/mol. The first-order chi connectivity index (χ1) is 12.2. The van der Waals surface area contributed by atoms with Crippen molar-refractivity contribution >= 4 is 38.6 Å². The van der Waals surface area contributed by atoms with Crippen molar-refractivity contribution in [2.24, 2.45) is 11.8 Å². The van der Waals surface area contributed by atoms with Crippen LogP contribution in [0.3, 0.4) is 0 Å². The molecule has 2 fully saturated rings. The van der Waals surface area contributed by atoms with Gasteiger partial charge in [-0.3, -0.25) is 0 Å². The van der Waals surface area contributed by atoms with Crippen LogP contribution < -0.4 is 10.6 Å². The van der Waals surface area contributed by atoms with Gasteiger partial charge in [-0.25, -0.2) is 4.98 Å². The molecule has 2 saturated carbocycles. The minimum Gasteiger partial charge on any atom is -0.367 e. The number of hydrogen-bond donors (Lipinski definition) is 2. The average Bonchev–Trinajstić information content (AvgIpc) is 3.47. The van der Waals surface area contributed by atoms with Crippen LogP contribution in [-0.4, -0.2) is 22.6 Å². The van der Waals surface area contributed by atoms with E-state index in [1.807, 2.05) is 6.07 Å². The molecule has 0 saturated heterocycles. The minimum absolute atomic E-state index is 0.461. The number of halogens is 1. The van der Waals surface area contributed by atoms with Crippen LogP contribution in [0.5, 0.6) is 0 Å². The summed E-state index contributed by atoms with van der Waals surface area (Å²) in [4.78, 5) is 9.60. The lowest BCUT2D eigenvalue weighted by atomic mass is 9.89. The number of benzene rings is 1. The highest BCUT2D eigenvalue weighted by molar-refractivity contribution is 9.10. The van der Waals surface area contributed by atoms with E-state index in [-0.39, 0.29) is 0 Å². The highest BCUT2D eigenvalue weighted by atomic mass is 79.9. The van der Waals surface area contributed by atoms with Crippen molar-refractivity contribution in [2.75, 3.05) is 17.2 Å². The Morgan fingerprint density at radius 1 is 1.12 bits per heavy atom. The second-order valence-corrected chi connectivity index (χ2v) is 8.54. The molecule has 0 aliphatic heterocycles. The standard InChI is InChI=1S/C20H27BrN4/c1-13(15-10-11-15)23-19-16-8-5-9-17(21)18(16)24-20(25-19)22-12-14-6-3-2-4-7-14/h5,8-9,13-15H,2-4,6-7,10-12H2,1H3,(H2,22,23,24,25). The summed E-state index contributed by atoms with van der Waals surface area (Å²) in [5, 5.41) is 8.24. The lowest BCUT2D eigenvalue weighted by molar-refractivity contribution is 0.373. The molecule has 0 bridgehead atoms. The van der Waals surface area contributed by atoms with Crippen molar-refractivity contribution in [3.63, 3.8) is 0 Å². The molecule has 2 aromatic rings. The van der Waals surface area contributed by atoms with E-state index in [4.69, 9.17) is 9.97 Å². The molecule has 4 nitrogen and oxygen atoms in total. The van der Waals surface area contributed by atoms with Crippen molar-refractivity contribution in [1.29, 1.82) is 0 Å². The smallest absolute Gasteiger partial charge is 0.225 e. The van der Waals surface area contributed by atoms with Crippen LogP contribution in [0.1, 0.15) is 51.9 Å². The van der Waals surface area contributed by atoms with Crippen molar-refractivity contribution in [1.82, 2.24) is 9.97 Å². The summed E-state index contributed by atoms with van der Waals surface area (Å²) >= 11 is 3.65. The molecule has 5 heteroatoms. The summed E-state index contributed by atoms with van der Waals surface area (Å²) in [6, 6.07) is 6.67. The van der Waals surface area contributed by atoms with Crippen LogP contribution in [0.25, 0.3) is 10.9 Å². The molecule has 1 atom stereocenters. The van der Waals surface area contributed by atoms with Crippen LogP contribution in [0.4, 0.5) is 11.8 Å². The van der Waals surface area contributed by atoms with E-state index < -0.39 is 0 Å². The van der Waals surface area contributed by atoms with Gasteiger partial charge in [0.1, 0.15) is 5.82 Å². The maximum atomic E-state index is 4.82. The van der Waals surface area contributed by atoms with Gasteiger partial charge in [-0.05, 0) is 72.5 Å². The first-order valence-corrected chi connectivity index (χ1v) is 10.5. The zero-order chi connectivity index (χ0) is 17.2. The minimum atomic E-state index is 0.461. The van der Waals surface area contributed by atoms with Gasteiger partial charge >= 0.3 is 0 Å².